The van der Waals surface area contributed by atoms with Gasteiger partial charge in [0.15, 0.2) is 0 Å². The summed E-state index contributed by atoms with van der Waals surface area (Å²) in [5.41, 5.74) is 0. The first kappa shape index (κ1) is 27.2. The minimum Gasteiger partial charge on any atom is -0.234 e. The molecule has 0 aliphatic rings. The molecule has 0 saturated heterocycles. The molecule has 0 N–H and O–H groups in total. The maximum absolute atomic E-state index is 2.56. The fourth-order valence-electron chi connectivity index (χ4n) is 4.54. The van der Waals surface area contributed by atoms with Gasteiger partial charge in [0.1, 0.15) is 12.4 Å². The van der Waals surface area contributed by atoms with E-state index in [4.69, 9.17) is 0 Å². The van der Waals surface area contributed by atoms with Gasteiger partial charge in [-0.05, 0) is 32.1 Å². The van der Waals surface area contributed by atoms with Gasteiger partial charge in [0.25, 0.3) is 5.82 Å². The molecule has 0 aliphatic carbocycles. The van der Waals surface area contributed by atoms with Gasteiger partial charge in [-0.15, -0.1) is 0 Å². The van der Waals surface area contributed by atoms with Crippen LogP contribution in [0.2, 0.25) is 0 Å². The lowest BCUT2D eigenvalue weighted by Gasteiger charge is -2.06. The van der Waals surface area contributed by atoms with Crippen molar-refractivity contribution in [1.82, 2.24) is 4.57 Å². The lowest BCUT2D eigenvalue weighted by atomic mass is 10.0. The molecule has 0 aromatic carbocycles. The van der Waals surface area contributed by atoms with Crippen molar-refractivity contribution in [2.75, 3.05) is 0 Å². The number of nitrogens with zero attached hydrogens (tertiary/aromatic N) is 2. The zero-order valence-electron chi connectivity index (χ0n) is 21.1. The number of aromatic nitrogens is 2. The van der Waals surface area contributed by atoms with E-state index < -0.39 is 0 Å². The average molecular weight is 420 g/mol. The van der Waals surface area contributed by atoms with Crippen LogP contribution in [0.4, 0.5) is 0 Å². The van der Waals surface area contributed by atoms with Crippen LogP contribution in [0.15, 0.2) is 12.4 Å². The van der Waals surface area contributed by atoms with E-state index in [9.17, 15) is 0 Å². The van der Waals surface area contributed by atoms with Gasteiger partial charge >= 0.3 is 0 Å². The molecule has 0 bridgehead atoms. The van der Waals surface area contributed by atoms with Crippen molar-refractivity contribution in [1.29, 1.82) is 0 Å². The molecule has 1 rings (SSSR count). The Kier molecular flexibility index (Phi) is 18.3. The van der Waals surface area contributed by atoms with E-state index in [1.165, 1.54) is 142 Å². The molecule has 0 radical (unpaired) electrons. The molecule has 0 atom stereocenters. The zero-order chi connectivity index (χ0) is 21.7. The summed E-state index contributed by atoms with van der Waals surface area (Å²) in [5.74, 6) is 1.58. The van der Waals surface area contributed by atoms with E-state index in [2.05, 4.69) is 42.3 Å². The largest absolute Gasteiger partial charge is 0.256 e. The number of rotatable bonds is 22. The van der Waals surface area contributed by atoms with Crippen molar-refractivity contribution < 1.29 is 4.57 Å². The molecular weight excluding hydrogens is 364 g/mol. The molecule has 0 spiro atoms. The van der Waals surface area contributed by atoms with Crippen molar-refractivity contribution in [3.05, 3.63) is 18.2 Å². The van der Waals surface area contributed by atoms with Crippen molar-refractivity contribution in [2.45, 2.75) is 162 Å². The number of hydrogen-bond acceptors (Lipinski definition) is 0. The van der Waals surface area contributed by atoms with Gasteiger partial charge in [-0.25, -0.2) is 9.13 Å². The lowest BCUT2D eigenvalue weighted by Crippen LogP contribution is -2.37. The topological polar surface area (TPSA) is 8.81 Å². The van der Waals surface area contributed by atoms with E-state index >= 15 is 0 Å². The molecule has 1 heterocycles. The van der Waals surface area contributed by atoms with Gasteiger partial charge in [-0.3, -0.25) is 0 Å². The summed E-state index contributed by atoms with van der Waals surface area (Å²) in [4.78, 5) is 0. The lowest BCUT2D eigenvalue weighted by molar-refractivity contribution is -0.704. The first-order valence-electron chi connectivity index (χ1n) is 13.9. The van der Waals surface area contributed by atoms with Crippen LogP contribution in [0, 0.1) is 0 Å². The Hall–Kier alpha value is -0.790. The number of hydrogen-bond donors (Lipinski definition) is 0. The molecule has 176 valence electrons. The normalized spacial score (nSPS) is 11.4. The standard InChI is InChI=1S/C28H55N2/c1-4-7-10-12-13-14-15-16-17-18-19-20-22-25-30-27-26-29(24-21-11-8-5-2)28(30)23-9-6-3/h26-27H,4-25H2,1-3H3/q+1. The highest BCUT2D eigenvalue weighted by atomic mass is 15.1. The fourth-order valence-corrected chi connectivity index (χ4v) is 4.54. The molecule has 1 aromatic heterocycles. The minimum absolute atomic E-state index is 1.21. The van der Waals surface area contributed by atoms with Crippen LogP contribution in [0.1, 0.15) is 149 Å². The van der Waals surface area contributed by atoms with Crippen LogP contribution in [0.5, 0.6) is 0 Å². The van der Waals surface area contributed by atoms with Crippen LogP contribution < -0.4 is 4.57 Å². The highest BCUT2D eigenvalue weighted by molar-refractivity contribution is 4.84. The third-order valence-corrected chi connectivity index (χ3v) is 6.60. The molecule has 1 aromatic rings. The van der Waals surface area contributed by atoms with Gasteiger partial charge in [0, 0.05) is 6.42 Å². The summed E-state index contributed by atoms with van der Waals surface area (Å²) >= 11 is 0. The minimum atomic E-state index is 1.21. The van der Waals surface area contributed by atoms with E-state index in [0.717, 1.165) is 0 Å². The molecule has 2 nitrogen and oxygen atoms in total. The Morgan fingerprint density at radius 3 is 1.57 bits per heavy atom. The second kappa shape index (κ2) is 20.1. The van der Waals surface area contributed by atoms with Crippen molar-refractivity contribution in [3.63, 3.8) is 0 Å². The van der Waals surface area contributed by atoms with Crippen LogP contribution in [-0.2, 0) is 19.5 Å². The van der Waals surface area contributed by atoms with Gasteiger partial charge in [0.2, 0.25) is 0 Å². The van der Waals surface area contributed by atoms with Crippen LogP contribution in [0.25, 0.3) is 0 Å². The zero-order valence-corrected chi connectivity index (χ0v) is 21.1. The smallest absolute Gasteiger partial charge is 0.234 e. The van der Waals surface area contributed by atoms with E-state index in [1.54, 1.807) is 5.82 Å². The third-order valence-electron chi connectivity index (χ3n) is 6.60. The van der Waals surface area contributed by atoms with Gasteiger partial charge in [-0.2, -0.15) is 0 Å². The molecule has 2 heteroatoms. The van der Waals surface area contributed by atoms with Crippen molar-refractivity contribution in [2.24, 2.45) is 0 Å². The summed E-state index contributed by atoms with van der Waals surface area (Å²) in [6, 6.07) is 0. The Balaban J connectivity index is 2.13. The van der Waals surface area contributed by atoms with Crippen LogP contribution >= 0.6 is 0 Å². The highest BCUT2D eigenvalue weighted by Crippen LogP contribution is 2.13. The molecule has 0 amide bonds. The predicted octanol–water partition coefficient (Wildman–Crippen LogP) is 8.79. The van der Waals surface area contributed by atoms with Gasteiger partial charge in [-0.1, -0.05) is 111 Å². The maximum Gasteiger partial charge on any atom is 0.256 e. The van der Waals surface area contributed by atoms with E-state index in [0.29, 0.717) is 0 Å². The van der Waals surface area contributed by atoms with E-state index in [-0.39, 0.29) is 0 Å². The quantitative estimate of drug-likeness (QED) is 0.131. The predicted molar refractivity (Wildman–Crippen MR) is 133 cm³/mol. The summed E-state index contributed by atoms with van der Waals surface area (Å²) in [6.45, 7) is 9.34. The first-order valence-corrected chi connectivity index (χ1v) is 13.9. The van der Waals surface area contributed by atoms with Crippen LogP contribution in [0.3, 0.4) is 0 Å². The monoisotopic (exact) mass is 419 g/mol. The van der Waals surface area contributed by atoms with Crippen molar-refractivity contribution >= 4 is 0 Å². The number of imidazole rings is 1. The second-order valence-corrected chi connectivity index (χ2v) is 9.51. The maximum atomic E-state index is 2.56. The summed E-state index contributed by atoms with van der Waals surface area (Å²) in [5, 5.41) is 0. The van der Waals surface area contributed by atoms with Crippen molar-refractivity contribution in [3.8, 4) is 0 Å². The first-order chi connectivity index (χ1) is 14.8. The molecule has 30 heavy (non-hydrogen) atoms. The second-order valence-electron chi connectivity index (χ2n) is 9.51. The molecule has 0 saturated carbocycles. The Morgan fingerprint density at radius 1 is 0.567 bits per heavy atom. The van der Waals surface area contributed by atoms with Gasteiger partial charge < -0.3 is 0 Å². The Labute approximate surface area is 189 Å². The SMILES string of the molecule is CCCCCCCCCCCCCCCn1cc[n+](CCCCCC)c1CCCC. The summed E-state index contributed by atoms with van der Waals surface area (Å²) in [6.07, 6.45) is 32.6. The molecule has 0 aliphatic heterocycles. The van der Waals surface area contributed by atoms with Crippen LogP contribution in [-0.4, -0.2) is 4.57 Å². The summed E-state index contributed by atoms with van der Waals surface area (Å²) < 4.78 is 5.11. The van der Waals surface area contributed by atoms with Gasteiger partial charge in [0.05, 0.1) is 13.1 Å². The average Bonchev–Trinajstić information content (AvgIpc) is 3.14. The molecular formula is C28H55N2+. The van der Waals surface area contributed by atoms with E-state index in [1.807, 2.05) is 0 Å². The Morgan fingerprint density at radius 2 is 1.03 bits per heavy atom. The number of aryl methyl sites for hydroxylation is 2. The fraction of sp³-hybridized carbons (Fsp3) is 0.893. The molecule has 0 fully saturated rings. The Bertz CT molecular complexity index is 477. The highest BCUT2D eigenvalue weighted by Gasteiger charge is 2.15. The third kappa shape index (κ3) is 13.5. The summed E-state index contributed by atoms with van der Waals surface area (Å²) in [7, 11) is 0. The molecule has 0 unspecified atom stereocenters. The number of unbranched alkanes of at least 4 members (excludes halogenated alkanes) is 16.